The van der Waals surface area contributed by atoms with Crippen LogP contribution in [0.2, 0.25) is 0 Å². The smallest absolute Gasteiger partial charge is 0.0331 e. The van der Waals surface area contributed by atoms with Gasteiger partial charge in [-0.15, -0.1) is 0 Å². The fourth-order valence-electron chi connectivity index (χ4n) is 4.55. The summed E-state index contributed by atoms with van der Waals surface area (Å²) in [5.74, 6) is 1.73. The molecule has 0 spiro atoms. The van der Waals surface area contributed by atoms with Gasteiger partial charge in [0.25, 0.3) is 0 Å². The minimum atomic E-state index is 0.268. The zero-order valence-electron chi connectivity index (χ0n) is 14.8. The van der Waals surface area contributed by atoms with Crippen molar-refractivity contribution in [2.24, 2.45) is 17.6 Å². The molecule has 0 amide bonds. The van der Waals surface area contributed by atoms with Gasteiger partial charge in [0.15, 0.2) is 0 Å². The Bertz CT molecular complexity index is 310. The van der Waals surface area contributed by atoms with Crippen LogP contribution in [0.4, 0.5) is 0 Å². The molecule has 0 bridgehead atoms. The Morgan fingerprint density at radius 1 is 1.14 bits per heavy atom. The first-order valence-electron chi connectivity index (χ1n) is 9.10. The van der Waals surface area contributed by atoms with Crippen molar-refractivity contribution in [3.8, 4) is 0 Å². The number of likely N-dealkylation sites (tertiary alicyclic amines) is 1. The molecule has 1 saturated carbocycles. The Morgan fingerprint density at radius 3 is 2.38 bits per heavy atom. The first-order valence-corrected chi connectivity index (χ1v) is 9.10. The van der Waals surface area contributed by atoms with Crippen molar-refractivity contribution in [1.82, 2.24) is 9.80 Å². The minimum Gasteiger partial charge on any atom is -0.329 e. The highest BCUT2D eigenvalue weighted by Crippen LogP contribution is 2.38. The third-order valence-corrected chi connectivity index (χ3v) is 6.50. The third kappa shape index (κ3) is 4.00. The first kappa shape index (κ1) is 17.2. The van der Waals surface area contributed by atoms with Gasteiger partial charge < -0.3 is 10.6 Å². The van der Waals surface area contributed by atoms with Crippen LogP contribution >= 0.6 is 0 Å². The molecule has 0 aromatic heterocycles. The maximum absolute atomic E-state index is 6.31. The van der Waals surface area contributed by atoms with Gasteiger partial charge >= 0.3 is 0 Å². The SMILES string of the molecule is CC(C)C1CCCC(CN)(N(C)C2CCN(C)CC2)CC1. The van der Waals surface area contributed by atoms with Crippen LogP contribution in [0.3, 0.4) is 0 Å². The van der Waals surface area contributed by atoms with Gasteiger partial charge in [-0.2, -0.15) is 0 Å². The van der Waals surface area contributed by atoms with Crippen LogP contribution < -0.4 is 5.73 Å². The molecule has 0 radical (unpaired) electrons. The molecule has 1 heterocycles. The maximum Gasteiger partial charge on any atom is 0.0331 e. The van der Waals surface area contributed by atoms with Gasteiger partial charge in [-0.25, -0.2) is 0 Å². The second-order valence-corrected chi connectivity index (χ2v) is 8.01. The van der Waals surface area contributed by atoms with Crippen LogP contribution in [-0.4, -0.2) is 55.1 Å². The largest absolute Gasteiger partial charge is 0.329 e. The summed E-state index contributed by atoms with van der Waals surface area (Å²) in [6.07, 6.45) is 9.35. The summed E-state index contributed by atoms with van der Waals surface area (Å²) in [6.45, 7) is 8.09. The van der Waals surface area contributed by atoms with E-state index < -0.39 is 0 Å². The van der Waals surface area contributed by atoms with Crippen molar-refractivity contribution in [1.29, 1.82) is 0 Å². The molecule has 0 aromatic rings. The van der Waals surface area contributed by atoms with Gasteiger partial charge in [0, 0.05) is 18.1 Å². The molecule has 21 heavy (non-hydrogen) atoms. The van der Waals surface area contributed by atoms with E-state index in [4.69, 9.17) is 5.73 Å². The Morgan fingerprint density at radius 2 is 1.81 bits per heavy atom. The highest BCUT2D eigenvalue weighted by atomic mass is 15.2. The summed E-state index contributed by atoms with van der Waals surface area (Å²) >= 11 is 0. The van der Waals surface area contributed by atoms with Crippen molar-refractivity contribution in [3.63, 3.8) is 0 Å². The molecule has 1 aliphatic heterocycles. The van der Waals surface area contributed by atoms with E-state index in [0.717, 1.165) is 24.4 Å². The van der Waals surface area contributed by atoms with Crippen LogP contribution in [0.25, 0.3) is 0 Å². The van der Waals surface area contributed by atoms with Crippen molar-refractivity contribution in [3.05, 3.63) is 0 Å². The third-order valence-electron chi connectivity index (χ3n) is 6.50. The van der Waals surface area contributed by atoms with E-state index in [1.165, 1.54) is 58.0 Å². The molecule has 2 rings (SSSR count). The molecule has 1 aliphatic carbocycles. The lowest BCUT2D eigenvalue weighted by Gasteiger charge is -2.47. The molecule has 3 nitrogen and oxygen atoms in total. The Hall–Kier alpha value is -0.120. The van der Waals surface area contributed by atoms with Crippen molar-refractivity contribution in [2.45, 2.75) is 70.4 Å². The normalized spacial score (nSPS) is 33.6. The number of nitrogens with two attached hydrogens (primary N) is 1. The lowest BCUT2D eigenvalue weighted by atomic mass is 9.84. The fourth-order valence-corrected chi connectivity index (χ4v) is 4.55. The summed E-state index contributed by atoms with van der Waals surface area (Å²) in [6, 6.07) is 0.736. The monoisotopic (exact) mass is 295 g/mol. The quantitative estimate of drug-likeness (QED) is 0.809. The van der Waals surface area contributed by atoms with Gasteiger partial charge in [0.2, 0.25) is 0 Å². The molecule has 124 valence electrons. The van der Waals surface area contributed by atoms with Gasteiger partial charge in [-0.1, -0.05) is 26.7 Å². The molecular weight excluding hydrogens is 258 g/mol. The van der Waals surface area contributed by atoms with Gasteiger partial charge in [0.05, 0.1) is 0 Å². The van der Waals surface area contributed by atoms with E-state index in [1.54, 1.807) is 0 Å². The Kier molecular flexibility index (Phi) is 6.10. The Balaban J connectivity index is 2.02. The number of likely N-dealkylation sites (N-methyl/N-ethyl adjacent to an activating group) is 1. The van der Waals surface area contributed by atoms with Crippen LogP contribution in [-0.2, 0) is 0 Å². The van der Waals surface area contributed by atoms with Crippen molar-refractivity contribution < 1.29 is 0 Å². The second kappa shape index (κ2) is 7.43. The lowest BCUT2D eigenvalue weighted by molar-refractivity contribution is 0.0318. The zero-order chi connectivity index (χ0) is 15.5. The number of hydrogen-bond donors (Lipinski definition) is 1. The molecule has 2 fully saturated rings. The lowest BCUT2D eigenvalue weighted by Crippen LogP contribution is -2.57. The summed E-state index contributed by atoms with van der Waals surface area (Å²) in [4.78, 5) is 5.16. The molecule has 0 aromatic carbocycles. The van der Waals surface area contributed by atoms with Gasteiger partial charge in [0.1, 0.15) is 0 Å². The van der Waals surface area contributed by atoms with Crippen LogP contribution in [0, 0.1) is 11.8 Å². The van der Waals surface area contributed by atoms with Crippen LogP contribution in [0.15, 0.2) is 0 Å². The number of rotatable bonds is 4. The predicted octanol–water partition coefficient (Wildman–Crippen LogP) is 2.95. The summed E-state index contributed by atoms with van der Waals surface area (Å²) in [5.41, 5.74) is 6.58. The standard InChI is InChI=1S/C18H37N3/c1-15(2)16-6-5-10-18(14-19,11-7-16)21(4)17-8-12-20(3)13-9-17/h15-17H,5-14,19H2,1-4H3. The average molecular weight is 296 g/mol. The molecule has 2 aliphatic rings. The summed E-state index contributed by atoms with van der Waals surface area (Å²) in [5, 5.41) is 0. The van der Waals surface area contributed by atoms with E-state index in [-0.39, 0.29) is 5.54 Å². The van der Waals surface area contributed by atoms with E-state index in [2.05, 4.69) is 37.7 Å². The van der Waals surface area contributed by atoms with Gasteiger partial charge in [-0.05, 0) is 71.1 Å². The summed E-state index contributed by atoms with van der Waals surface area (Å²) < 4.78 is 0. The first-order chi connectivity index (χ1) is 9.98. The van der Waals surface area contributed by atoms with E-state index in [9.17, 15) is 0 Å². The maximum atomic E-state index is 6.31. The minimum absolute atomic E-state index is 0.268. The number of piperidine rings is 1. The predicted molar refractivity (Wildman–Crippen MR) is 91.5 cm³/mol. The number of hydrogen-bond acceptors (Lipinski definition) is 3. The van der Waals surface area contributed by atoms with Crippen molar-refractivity contribution >= 4 is 0 Å². The van der Waals surface area contributed by atoms with E-state index >= 15 is 0 Å². The molecule has 2 unspecified atom stereocenters. The van der Waals surface area contributed by atoms with Gasteiger partial charge in [-0.3, -0.25) is 4.90 Å². The summed E-state index contributed by atoms with van der Waals surface area (Å²) in [7, 11) is 4.60. The van der Waals surface area contributed by atoms with Crippen molar-refractivity contribution in [2.75, 3.05) is 33.7 Å². The molecule has 2 atom stereocenters. The molecule has 3 heteroatoms. The topological polar surface area (TPSA) is 32.5 Å². The molecule has 1 saturated heterocycles. The molecule has 2 N–H and O–H groups in total. The second-order valence-electron chi connectivity index (χ2n) is 8.01. The zero-order valence-corrected chi connectivity index (χ0v) is 14.8. The molecular formula is C18H37N3. The number of nitrogens with zero attached hydrogens (tertiary/aromatic N) is 2. The van der Waals surface area contributed by atoms with E-state index in [1.807, 2.05) is 0 Å². The highest BCUT2D eigenvalue weighted by molar-refractivity contribution is 4.96. The van der Waals surface area contributed by atoms with Crippen LogP contribution in [0.1, 0.15) is 58.8 Å². The van der Waals surface area contributed by atoms with E-state index in [0.29, 0.717) is 0 Å². The van der Waals surface area contributed by atoms with Crippen LogP contribution in [0.5, 0.6) is 0 Å². The Labute approximate surface area is 132 Å². The highest BCUT2D eigenvalue weighted by Gasteiger charge is 2.39. The average Bonchev–Trinajstić information content (AvgIpc) is 2.71. The fraction of sp³-hybridized carbons (Fsp3) is 1.00.